The molecule has 1 aromatic heterocycles. The van der Waals surface area contributed by atoms with E-state index in [4.69, 9.17) is 5.73 Å². The van der Waals surface area contributed by atoms with Crippen LogP contribution in [0.15, 0.2) is 30.6 Å². The van der Waals surface area contributed by atoms with Crippen LogP contribution in [0, 0.1) is 0 Å². The van der Waals surface area contributed by atoms with Crippen LogP contribution in [0.25, 0.3) is 10.9 Å². The first kappa shape index (κ1) is 11.4. The van der Waals surface area contributed by atoms with Gasteiger partial charge in [0, 0.05) is 11.9 Å². The monoisotopic (exact) mass is 242 g/mol. The Morgan fingerprint density at radius 3 is 2.72 bits per heavy atom. The Hall–Kier alpha value is -1.68. The second kappa shape index (κ2) is 4.53. The Morgan fingerprint density at radius 2 is 1.94 bits per heavy atom. The van der Waals surface area contributed by atoms with Gasteiger partial charge in [-0.2, -0.15) is 0 Å². The average molecular weight is 242 g/mol. The van der Waals surface area contributed by atoms with Crippen molar-refractivity contribution in [1.29, 1.82) is 0 Å². The van der Waals surface area contributed by atoms with Gasteiger partial charge >= 0.3 is 0 Å². The van der Waals surface area contributed by atoms with Crippen LogP contribution < -0.4 is 11.1 Å². The van der Waals surface area contributed by atoms with Crippen molar-refractivity contribution < 1.29 is 0 Å². The quantitative estimate of drug-likeness (QED) is 0.867. The number of nitrogens with two attached hydrogens (primary N) is 1. The molecule has 18 heavy (non-hydrogen) atoms. The lowest BCUT2D eigenvalue weighted by molar-refractivity contribution is 0.492. The molecular formula is C14H18N4. The summed E-state index contributed by atoms with van der Waals surface area (Å²) in [6.45, 7) is 0.658. The van der Waals surface area contributed by atoms with Gasteiger partial charge in [0.15, 0.2) is 0 Å². The summed E-state index contributed by atoms with van der Waals surface area (Å²) < 4.78 is 0. The lowest BCUT2D eigenvalue weighted by Gasteiger charge is -2.29. The minimum Gasteiger partial charge on any atom is -0.363 e. The number of benzene rings is 1. The first-order valence-corrected chi connectivity index (χ1v) is 6.51. The third kappa shape index (κ3) is 1.93. The molecule has 1 aromatic carbocycles. The summed E-state index contributed by atoms with van der Waals surface area (Å²) >= 11 is 0. The van der Waals surface area contributed by atoms with Crippen molar-refractivity contribution in [2.24, 2.45) is 5.73 Å². The van der Waals surface area contributed by atoms with Crippen LogP contribution in [0.1, 0.15) is 25.7 Å². The van der Waals surface area contributed by atoms with Crippen LogP contribution in [0.4, 0.5) is 5.82 Å². The fraction of sp³-hybridized carbons (Fsp3) is 0.429. The minimum absolute atomic E-state index is 0.0249. The fourth-order valence-corrected chi connectivity index (χ4v) is 2.79. The average Bonchev–Trinajstić information content (AvgIpc) is 2.88. The lowest BCUT2D eigenvalue weighted by atomic mass is 9.97. The van der Waals surface area contributed by atoms with Gasteiger partial charge in [-0.05, 0) is 25.0 Å². The summed E-state index contributed by atoms with van der Waals surface area (Å²) in [4.78, 5) is 8.67. The Bertz CT molecular complexity index is 541. The third-order valence-electron chi connectivity index (χ3n) is 3.88. The molecule has 0 saturated heterocycles. The third-order valence-corrected chi connectivity index (χ3v) is 3.88. The highest BCUT2D eigenvalue weighted by Crippen LogP contribution is 2.33. The number of hydrogen-bond donors (Lipinski definition) is 2. The molecule has 4 heteroatoms. The molecule has 1 aliphatic carbocycles. The molecular weight excluding hydrogens is 224 g/mol. The Kier molecular flexibility index (Phi) is 2.88. The number of aromatic nitrogens is 2. The molecule has 1 saturated carbocycles. The van der Waals surface area contributed by atoms with Crippen LogP contribution in [-0.2, 0) is 0 Å². The van der Waals surface area contributed by atoms with Crippen molar-refractivity contribution in [1.82, 2.24) is 9.97 Å². The van der Waals surface area contributed by atoms with E-state index < -0.39 is 0 Å². The number of hydrogen-bond acceptors (Lipinski definition) is 4. The second-order valence-corrected chi connectivity index (χ2v) is 5.06. The van der Waals surface area contributed by atoms with Gasteiger partial charge in [-0.15, -0.1) is 0 Å². The predicted molar refractivity (Wildman–Crippen MR) is 73.4 cm³/mol. The summed E-state index contributed by atoms with van der Waals surface area (Å²) in [6.07, 6.45) is 6.36. The van der Waals surface area contributed by atoms with E-state index in [0.29, 0.717) is 6.54 Å². The maximum atomic E-state index is 5.95. The highest BCUT2D eigenvalue weighted by Gasteiger charge is 2.32. The van der Waals surface area contributed by atoms with Crippen molar-refractivity contribution in [2.45, 2.75) is 31.2 Å². The number of anilines is 1. The van der Waals surface area contributed by atoms with Crippen LogP contribution in [0.5, 0.6) is 0 Å². The van der Waals surface area contributed by atoms with Gasteiger partial charge in [-0.3, -0.25) is 0 Å². The van der Waals surface area contributed by atoms with Crippen LogP contribution in [-0.4, -0.2) is 22.1 Å². The zero-order chi connectivity index (χ0) is 12.4. The van der Waals surface area contributed by atoms with Crippen molar-refractivity contribution in [3.8, 4) is 0 Å². The van der Waals surface area contributed by atoms with Gasteiger partial charge in [0.05, 0.1) is 11.1 Å². The smallest absolute Gasteiger partial charge is 0.137 e. The molecule has 94 valence electrons. The van der Waals surface area contributed by atoms with E-state index in [1.807, 2.05) is 18.2 Å². The molecule has 0 bridgehead atoms. The zero-order valence-corrected chi connectivity index (χ0v) is 10.4. The number of fused-ring (bicyclic) bond motifs is 1. The van der Waals surface area contributed by atoms with Gasteiger partial charge in [-0.25, -0.2) is 9.97 Å². The molecule has 0 atom stereocenters. The van der Waals surface area contributed by atoms with Crippen molar-refractivity contribution in [3.05, 3.63) is 30.6 Å². The Labute approximate surface area is 107 Å². The van der Waals surface area contributed by atoms with Crippen LogP contribution in [0.2, 0.25) is 0 Å². The molecule has 1 fully saturated rings. The molecule has 4 nitrogen and oxygen atoms in total. The van der Waals surface area contributed by atoms with E-state index in [-0.39, 0.29) is 5.54 Å². The summed E-state index contributed by atoms with van der Waals surface area (Å²) in [7, 11) is 0. The van der Waals surface area contributed by atoms with E-state index in [9.17, 15) is 0 Å². The molecule has 0 radical (unpaired) electrons. The largest absolute Gasteiger partial charge is 0.363 e. The molecule has 1 aliphatic rings. The summed E-state index contributed by atoms with van der Waals surface area (Å²) in [5, 5.41) is 4.64. The number of nitrogens with zero attached hydrogens (tertiary/aromatic N) is 2. The van der Waals surface area contributed by atoms with Gasteiger partial charge in [0.1, 0.15) is 12.1 Å². The molecule has 3 rings (SSSR count). The number of rotatable bonds is 3. The molecule has 0 unspecified atom stereocenters. The lowest BCUT2D eigenvalue weighted by Crippen LogP contribution is -2.43. The highest BCUT2D eigenvalue weighted by molar-refractivity contribution is 5.88. The van der Waals surface area contributed by atoms with Crippen LogP contribution >= 0.6 is 0 Å². The molecule has 0 aliphatic heterocycles. The fourth-order valence-electron chi connectivity index (χ4n) is 2.79. The van der Waals surface area contributed by atoms with Gasteiger partial charge in [0.25, 0.3) is 0 Å². The van der Waals surface area contributed by atoms with Crippen molar-refractivity contribution >= 4 is 16.7 Å². The highest BCUT2D eigenvalue weighted by atomic mass is 15.1. The van der Waals surface area contributed by atoms with E-state index in [1.165, 1.54) is 12.8 Å². The van der Waals surface area contributed by atoms with Gasteiger partial charge in [0.2, 0.25) is 0 Å². The van der Waals surface area contributed by atoms with Crippen molar-refractivity contribution in [3.63, 3.8) is 0 Å². The van der Waals surface area contributed by atoms with E-state index in [2.05, 4.69) is 21.4 Å². The predicted octanol–water partition coefficient (Wildman–Crippen LogP) is 2.31. The van der Waals surface area contributed by atoms with Crippen LogP contribution in [0.3, 0.4) is 0 Å². The summed E-state index contributed by atoms with van der Waals surface area (Å²) in [6, 6.07) is 8.07. The standard InChI is InChI=1S/C14H18N4/c15-9-14(7-3-4-8-14)18-13-11-5-1-2-6-12(11)16-10-17-13/h1-2,5-6,10H,3-4,7-9,15H2,(H,16,17,18). The first-order valence-electron chi connectivity index (χ1n) is 6.51. The maximum Gasteiger partial charge on any atom is 0.137 e. The van der Waals surface area contributed by atoms with E-state index in [0.717, 1.165) is 29.6 Å². The Morgan fingerprint density at radius 1 is 1.17 bits per heavy atom. The van der Waals surface area contributed by atoms with Gasteiger partial charge < -0.3 is 11.1 Å². The summed E-state index contributed by atoms with van der Waals surface area (Å²) in [5.74, 6) is 0.910. The van der Waals surface area contributed by atoms with Gasteiger partial charge in [-0.1, -0.05) is 25.0 Å². The topological polar surface area (TPSA) is 63.8 Å². The molecule has 0 spiro atoms. The summed E-state index contributed by atoms with van der Waals surface area (Å²) in [5.41, 5.74) is 6.95. The normalized spacial score (nSPS) is 18.1. The van der Waals surface area contributed by atoms with E-state index in [1.54, 1.807) is 6.33 Å². The minimum atomic E-state index is 0.0249. The maximum absolute atomic E-state index is 5.95. The number of nitrogens with one attached hydrogen (secondary N) is 1. The molecule has 0 amide bonds. The first-order chi connectivity index (χ1) is 8.83. The Balaban J connectivity index is 1.99. The molecule has 2 aromatic rings. The molecule has 3 N–H and O–H groups in total. The zero-order valence-electron chi connectivity index (χ0n) is 10.4. The van der Waals surface area contributed by atoms with Crippen molar-refractivity contribution in [2.75, 3.05) is 11.9 Å². The SMILES string of the molecule is NCC1(Nc2ncnc3ccccc23)CCCC1. The molecule has 1 heterocycles. The number of para-hydroxylation sites is 1. The second-order valence-electron chi connectivity index (χ2n) is 5.06. The van der Waals surface area contributed by atoms with E-state index >= 15 is 0 Å².